The van der Waals surface area contributed by atoms with Crippen molar-refractivity contribution in [2.75, 3.05) is 13.6 Å². The number of hydrogen-bond donors (Lipinski definition) is 1. The third kappa shape index (κ3) is 3.78. The van der Waals surface area contributed by atoms with Crippen LogP contribution in [-0.2, 0) is 19.5 Å². The minimum atomic E-state index is 0.0315. The molecular formula is C23H30N4. The van der Waals surface area contributed by atoms with Crippen molar-refractivity contribution in [1.29, 1.82) is 0 Å². The average Bonchev–Trinajstić information content (AvgIpc) is 2.94. The second-order valence-electron chi connectivity index (χ2n) is 8.77. The zero-order valence-corrected chi connectivity index (χ0v) is 16.9. The van der Waals surface area contributed by atoms with Gasteiger partial charge in [-0.3, -0.25) is 4.98 Å². The van der Waals surface area contributed by atoms with Crippen molar-refractivity contribution in [3.63, 3.8) is 0 Å². The van der Waals surface area contributed by atoms with E-state index in [0.29, 0.717) is 0 Å². The van der Waals surface area contributed by atoms with Crippen LogP contribution in [-0.4, -0.2) is 33.6 Å². The highest BCUT2D eigenvalue weighted by Gasteiger charge is 2.25. The summed E-state index contributed by atoms with van der Waals surface area (Å²) in [5.41, 5.74) is 5.62. The fourth-order valence-corrected chi connectivity index (χ4v) is 4.27. The Hall–Kier alpha value is -2.17. The van der Waals surface area contributed by atoms with E-state index in [1.165, 1.54) is 27.7 Å². The van der Waals surface area contributed by atoms with Crippen LogP contribution in [0.5, 0.6) is 0 Å². The Kier molecular flexibility index (Phi) is 4.79. The molecule has 27 heavy (non-hydrogen) atoms. The molecule has 142 valence electrons. The molecule has 1 aromatic carbocycles. The SMILES string of the molecule is CN1CCc2c(c3ccccc3n2CC(NC(C)(C)C)c2cccnc2)C1. The molecule has 0 saturated carbocycles. The van der Waals surface area contributed by atoms with Gasteiger partial charge in [0, 0.05) is 60.6 Å². The fourth-order valence-electron chi connectivity index (χ4n) is 4.27. The van der Waals surface area contributed by atoms with E-state index in [9.17, 15) is 0 Å². The lowest BCUT2D eigenvalue weighted by molar-refractivity contribution is 0.302. The predicted octanol–water partition coefficient (Wildman–Crippen LogP) is 4.15. The number of rotatable bonds is 4. The van der Waals surface area contributed by atoms with Gasteiger partial charge < -0.3 is 14.8 Å². The molecule has 1 unspecified atom stereocenters. The first-order valence-electron chi connectivity index (χ1n) is 9.87. The summed E-state index contributed by atoms with van der Waals surface area (Å²) in [6, 6.07) is 13.3. The number of likely N-dealkylation sites (N-methyl/N-ethyl adjacent to an activating group) is 1. The molecule has 0 saturated heterocycles. The van der Waals surface area contributed by atoms with Crippen molar-refractivity contribution >= 4 is 10.9 Å². The molecule has 2 aromatic heterocycles. The lowest BCUT2D eigenvalue weighted by atomic mass is 10.0. The van der Waals surface area contributed by atoms with Crippen LogP contribution < -0.4 is 5.32 Å². The Morgan fingerprint density at radius 2 is 1.96 bits per heavy atom. The number of nitrogens with one attached hydrogen (secondary N) is 1. The smallest absolute Gasteiger partial charge is 0.0521 e. The predicted molar refractivity (Wildman–Crippen MR) is 112 cm³/mol. The zero-order chi connectivity index (χ0) is 19.0. The van der Waals surface area contributed by atoms with E-state index in [1.807, 2.05) is 18.5 Å². The molecule has 4 rings (SSSR count). The summed E-state index contributed by atoms with van der Waals surface area (Å²) in [5.74, 6) is 0. The molecule has 1 aliphatic heterocycles. The minimum Gasteiger partial charge on any atom is -0.342 e. The second-order valence-corrected chi connectivity index (χ2v) is 8.77. The van der Waals surface area contributed by atoms with E-state index in [2.05, 4.69) is 77.9 Å². The Balaban J connectivity index is 1.79. The lowest BCUT2D eigenvalue weighted by Gasteiger charge is -2.31. The summed E-state index contributed by atoms with van der Waals surface area (Å²) in [7, 11) is 2.22. The largest absolute Gasteiger partial charge is 0.342 e. The van der Waals surface area contributed by atoms with E-state index >= 15 is 0 Å². The van der Waals surface area contributed by atoms with Gasteiger partial charge in [-0.1, -0.05) is 24.3 Å². The van der Waals surface area contributed by atoms with Gasteiger partial charge in [0.1, 0.15) is 0 Å². The van der Waals surface area contributed by atoms with E-state index in [0.717, 1.165) is 26.1 Å². The maximum absolute atomic E-state index is 4.37. The van der Waals surface area contributed by atoms with E-state index in [-0.39, 0.29) is 11.6 Å². The number of para-hydroxylation sites is 1. The number of aromatic nitrogens is 2. The molecule has 3 aromatic rings. The van der Waals surface area contributed by atoms with Crippen molar-refractivity contribution in [3.8, 4) is 0 Å². The van der Waals surface area contributed by atoms with Crippen LogP contribution in [0.25, 0.3) is 10.9 Å². The van der Waals surface area contributed by atoms with E-state index in [1.54, 1.807) is 0 Å². The molecule has 0 aliphatic carbocycles. The van der Waals surface area contributed by atoms with Gasteiger partial charge in [0.2, 0.25) is 0 Å². The molecular weight excluding hydrogens is 332 g/mol. The maximum Gasteiger partial charge on any atom is 0.0521 e. The Morgan fingerprint density at radius 3 is 2.70 bits per heavy atom. The van der Waals surface area contributed by atoms with Crippen LogP contribution in [0.15, 0.2) is 48.8 Å². The van der Waals surface area contributed by atoms with Gasteiger partial charge in [-0.15, -0.1) is 0 Å². The topological polar surface area (TPSA) is 33.1 Å². The summed E-state index contributed by atoms with van der Waals surface area (Å²) in [6.07, 6.45) is 4.95. The summed E-state index contributed by atoms with van der Waals surface area (Å²) in [4.78, 5) is 6.79. The number of pyridine rings is 1. The number of nitrogens with zero attached hydrogens (tertiary/aromatic N) is 3. The second kappa shape index (κ2) is 7.10. The molecule has 4 nitrogen and oxygen atoms in total. The highest BCUT2D eigenvalue weighted by atomic mass is 15.1. The van der Waals surface area contributed by atoms with Crippen molar-refractivity contribution < 1.29 is 0 Å². The fraction of sp³-hybridized carbons (Fsp3) is 0.435. The Bertz CT molecular complexity index is 921. The molecule has 0 spiro atoms. The minimum absolute atomic E-state index is 0.0315. The molecule has 0 bridgehead atoms. The van der Waals surface area contributed by atoms with Gasteiger partial charge in [-0.25, -0.2) is 0 Å². The quantitative estimate of drug-likeness (QED) is 0.757. The van der Waals surface area contributed by atoms with Crippen LogP contribution in [0.3, 0.4) is 0 Å². The van der Waals surface area contributed by atoms with Gasteiger partial charge in [0.15, 0.2) is 0 Å². The van der Waals surface area contributed by atoms with Gasteiger partial charge in [-0.2, -0.15) is 0 Å². The van der Waals surface area contributed by atoms with Gasteiger partial charge in [-0.05, 0) is 51.1 Å². The van der Waals surface area contributed by atoms with E-state index in [4.69, 9.17) is 0 Å². The Labute approximate surface area is 162 Å². The summed E-state index contributed by atoms with van der Waals surface area (Å²) < 4.78 is 2.55. The highest BCUT2D eigenvalue weighted by Crippen LogP contribution is 2.32. The van der Waals surface area contributed by atoms with Crippen molar-refractivity contribution in [2.24, 2.45) is 0 Å². The van der Waals surface area contributed by atoms with Crippen LogP contribution in [0, 0.1) is 0 Å². The van der Waals surface area contributed by atoms with Crippen LogP contribution >= 0.6 is 0 Å². The normalized spacial score (nSPS) is 16.4. The van der Waals surface area contributed by atoms with Gasteiger partial charge in [0.25, 0.3) is 0 Å². The summed E-state index contributed by atoms with van der Waals surface area (Å²) in [6.45, 7) is 9.76. The van der Waals surface area contributed by atoms with Crippen molar-refractivity contribution in [1.82, 2.24) is 19.8 Å². The van der Waals surface area contributed by atoms with Crippen molar-refractivity contribution in [2.45, 2.75) is 51.9 Å². The summed E-state index contributed by atoms with van der Waals surface area (Å²) in [5, 5.41) is 5.22. The van der Waals surface area contributed by atoms with Crippen molar-refractivity contribution in [3.05, 3.63) is 65.6 Å². The molecule has 0 amide bonds. The third-order valence-electron chi connectivity index (χ3n) is 5.41. The molecule has 1 N–H and O–H groups in total. The highest BCUT2D eigenvalue weighted by molar-refractivity contribution is 5.85. The molecule has 1 aliphatic rings. The van der Waals surface area contributed by atoms with E-state index < -0.39 is 0 Å². The van der Waals surface area contributed by atoms with Crippen LogP contribution in [0.4, 0.5) is 0 Å². The van der Waals surface area contributed by atoms with Crippen LogP contribution in [0.1, 0.15) is 43.6 Å². The number of fused-ring (bicyclic) bond motifs is 3. The molecule has 4 heteroatoms. The Morgan fingerprint density at radius 1 is 1.15 bits per heavy atom. The third-order valence-corrected chi connectivity index (χ3v) is 5.41. The molecule has 3 heterocycles. The summed E-state index contributed by atoms with van der Waals surface area (Å²) >= 11 is 0. The zero-order valence-electron chi connectivity index (χ0n) is 16.9. The number of hydrogen-bond acceptors (Lipinski definition) is 3. The lowest BCUT2D eigenvalue weighted by Crippen LogP contribution is -2.41. The monoisotopic (exact) mass is 362 g/mol. The van der Waals surface area contributed by atoms with Gasteiger partial charge >= 0.3 is 0 Å². The first-order valence-corrected chi connectivity index (χ1v) is 9.87. The molecule has 0 fully saturated rings. The average molecular weight is 363 g/mol. The first kappa shape index (κ1) is 18.2. The molecule has 1 atom stereocenters. The maximum atomic E-state index is 4.37. The standard InChI is InChI=1S/C23H30N4/c1-23(2,3)25-20(17-8-7-12-24-14-17)16-27-21-10-6-5-9-18(21)19-15-26(4)13-11-22(19)27/h5-10,12,14,20,25H,11,13,15-16H2,1-4H3. The van der Waals surface area contributed by atoms with Gasteiger partial charge in [0.05, 0.1) is 6.04 Å². The number of benzene rings is 1. The van der Waals surface area contributed by atoms with Crippen LogP contribution in [0.2, 0.25) is 0 Å². The molecule has 0 radical (unpaired) electrons. The first-order chi connectivity index (χ1) is 12.9.